The predicted octanol–water partition coefficient (Wildman–Crippen LogP) is 0.00400. The zero-order chi connectivity index (χ0) is 6.27. The van der Waals surface area contributed by atoms with E-state index in [4.69, 9.17) is 12.8 Å². The van der Waals surface area contributed by atoms with Crippen LogP contribution in [0.2, 0.25) is 0 Å². The molecule has 2 aliphatic heterocycles. The van der Waals surface area contributed by atoms with Crippen molar-refractivity contribution in [3.8, 4) is 0 Å². The molecule has 0 aliphatic carbocycles. The summed E-state index contributed by atoms with van der Waals surface area (Å²) in [6, 6.07) is 0. The number of nitrogens with zero attached hydrogens (tertiary/aromatic N) is 3. The number of rotatable bonds is 0. The zero-order valence-electron chi connectivity index (χ0n) is 4.44. The molecule has 0 unspecified atom stereocenters. The highest BCUT2D eigenvalue weighted by Crippen LogP contribution is 2.15. The fraction of sp³-hybridized carbons (Fsp3) is 0.250. The van der Waals surface area contributed by atoms with Crippen LogP contribution in [0.3, 0.4) is 0 Å². The van der Waals surface area contributed by atoms with Gasteiger partial charge in [0.1, 0.15) is 6.21 Å². The lowest BCUT2D eigenvalue weighted by Crippen LogP contribution is -2.07. The first-order valence-corrected chi connectivity index (χ1v) is 3.79. The van der Waals surface area contributed by atoms with Gasteiger partial charge in [-0.3, -0.25) is 4.99 Å². The van der Waals surface area contributed by atoms with Crippen LogP contribution in [0, 0.1) is 0 Å². The van der Waals surface area contributed by atoms with Gasteiger partial charge in [0.15, 0.2) is 5.71 Å². The van der Waals surface area contributed by atoms with Gasteiger partial charge in [0.05, 0.1) is 5.88 Å². The van der Waals surface area contributed by atoms with Crippen LogP contribution in [0.1, 0.15) is 0 Å². The van der Waals surface area contributed by atoms with Gasteiger partial charge in [-0.1, -0.05) is 0 Å². The van der Waals surface area contributed by atoms with Gasteiger partial charge in [0.25, 0.3) is 5.04 Å². The average Bonchev–Trinajstić information content (AvgIpc) is 2.35. The van der Waals surface area contributed by atoms with Crippen molar-refractivity contribution in [2.45, 2.75) is 0 Å². The molecule has 0 fully saturated rings. The lowest BCUT2D eigenvalue weighted by Gasteiger charge is -1.90. The van der Waals surface area contributed by atoms with Crippen LogP contribution in [0.4, 0.5) is 0 Å². The van der Waals surface area contributed by atoms with E-state index >= 15 is 0 Å². The van der Waals surface area contributed by atoms with Crippen molar-refractivity contribution in [1.29, 1.82) is 0 Å². The molecule has 0 aromatic rings. The fourth-order valence-electron chi connectivity index (χ4n) is 0.713. The monoisotopic (exact) mass is 157 g/mol. The van der Waals surface area contributed by atoms with Crippen LogP contribution in [0.5, 0.6) is 0 Å². The van der Waals surface area contributed by atoms with E-state index < -0.39 is 0 Å². The summed E-state index contributed by atoms with van der Waals surface area (Å²) in [4.78, 5) is 4.13. The van der Waals surface area contributed by atoms with E-state index in [2.05, 4.69) is 10.1 Å². The third kappa shape index (κ3) is 0.684. The molecule has 2 heterocycles. The van der Waals surface area contributed by atoms with E-state index in [9.17, 15) is 0 Å². The quantitative estimate of drug-likeness (QED) is 0.366. The van der Waals surface area contributed by atoms with Gasteiger partial charge in [-0.2, -0.15) is 4.09 Å². The summed E-state index contributed by atoms with van der Waals surface area (Å²) in [6.45, 7) is 0. The van der Waals surface area contributed by atoms with E-state index in [1.165, 1.54) is 4.09 Å². The molecule has 9 heavy (non-hydrogen) atoms. The first-order valence-electron chi connectivity index (χ1n) is 2.44. The normalized spacial score (nSPS) is 22.9. The number of hydrogen-bond acceptors (Lipinski definition) is 4. The first-order chi connectivity index (χ1) is 4.38. The Hall–Kier alpha value is -0.420. The highest BCUT2D eigenvalue weighted by molar-refractivity contribution is 8.16. The molecule has 0 amide bonds. The Labute approximate surface area is 62.1 Å². The second-order valence-corrected chi connectivity index (χ2v) is 2.92. The third-order valence-corrected chi connectivity index (χ3v) is 2.42. The Bertz CT molecular complexity index is 237. The van der Waals surface area contributed by atoms with Crippen LogP contribution in [0.25, 0.3) is 0 Å². The van der Waals surface area contributed by atoms with Crippen LogP contribution in [-0.2, 0) is 12.8 Å². The van der Waals surface area contributed by atoms with Crippen molar-refractivity contribution < 1.29 is 4.09 Å². The summed E-state index contributed by atoms with van der Waals surface area (Å²) in [5.41, 5.74) is 0.940. The third-order valence-electron chi connectivity index (χ3n) is 1.11. The number of hydrazone groups is 1. The summed E-state index contributed by atoms with van der Waals surface area (Å²) < 4.78 is 1.44. The highest BCUT2D eigenvalue weighted by atomic mass is 32.2. The lowest BCUT2D eigenvalue weighted by atomic mass is 10.4. The molecule has 5 heteroatoms. The van der Waals surface area contributed by atoms with Gasteiger partial charge in [0, 0.05) is 0 Å². The van der Waals surface area contributed by atoms with Crippen LogP contribution >= 0.6 is 11.8 Å². The second kappa shape index (κ2) is 1.78. The van der Waals surface area contributed by atoms with Crippen molar-refractivity contribution in [2.24, 2.45) is 10.1 Å². The van der Waals surface area contributed by atoms with Crippen molar-refractivity contribution in [2.75, 3.05) is 5.88 Å². The van der Waals surface area contributed by atoms with E-state index in [0.29, 0.717) is 0 Å². The largest absolute Gasteiger partial charge is 0.392 e. The summed E-state index contributed by atoms with van der Waals surface area (Å²) in [5.74, 6) is 0.795. The summed E-state index contributed by atoms with van der Waals surface area (Å²) >= 11 is 6.47. The molecule has 0 aromatic carbocycles. The molecule has 0 radical (unpaired) electrons. The number of fused-ring (bicyclic) bond motifs is 1. The number of hydrogen-bond donors (Lipinski definition) is 0. The zero-order valence-corrected chi connectivity index (χ0v) is 6.08. The van der Waals surface area contributed by atoms with Gasteiger partial charge in [0.2, 0.25) is 0 Å². The van der Waals surface area contributed by atoms with Crippen LogP contribution in [-0.4, -0.2) is 26.9 Å². The molecule has 2 rings (SSSR count). The molecule has 0 spiro atoms. The molecule has 2 aliphatic rings. The summed E-state index contributed by atoms with van der Waals surface area (Å²) in [5, 5.41) is 4.86. The SMILES string of the molecule is [S-][N+]1=C2SCN=C2C=N1. The molecule has 3 nitrogen and oxygen atoms in total. The maximum atomic E-state index is 4.84. The van der Waals surface area contributed by atoms with Crippen LogP contribution < -0.4 is 0 Å². The van der Waals surface area contributed by atoms with E-state index in [-0.39, 0.29) is 0 Å². The van der Waals surface area contributed by atoms with Crippen molar-refractivity contribution in [3.63, 3.8) is 0 Å². The highest BCUT2D eigenvalue weighted by Gasteiger charge is 2.25. The summed E-state index contributed by atoms with van der Waals surface area (Å²) in [7, 11) is 0. The predicted molar refractivity (Wildman–Crippen MR) is 41.0 cm³/mol. The minimum Gasteiger partial charge on any atom is -0.392 e. The molecule has 46 valence electrons. The average molecular weight is 157 g/mol. The molecule has 0 aromatic heterocycles. The van der Waals surface area contributed by atoms with Gasteiger partial charge >= 0.3 is 0 Å². The number of thioether (sulfide) groups is 1. The Morgan fingerprint density at radius 3 is 3.44 bits per heavy atom. The van der Waals surface area contributed by atoms with Gasteiger partial charge in [-0.25, -0.2) is 0 Å². The van der Waals surface area contributed by atoms with Crippen molar-refractivity contribution in [3.05, 3.63) is 0 Å². The molecular formula is C4H3N3S2. The molecule has 0 bridgehead atoms. The van der Waals surface area contributed by atoms with E-state index in [0.717, 1.165) is 16.6 Å². The Morgan fingerprint density at radius 2 is 2.67 bits per heavy atom. The molecular weight excluding hydrogens is 154 g/mol. The van der Waals surface area contributed by atoms with E-state index in [1.807, 2.05) is 0 Å². The van der Waals surface area contributed by atoms with Gasteiger partial charge in [-0.05, 0) is 16.9 Å². The molecule has 0 saturated carbocycles. The Kier molecular flexibility index (Phi) is 1.06. The minimum atomic E-state index is 0.795. The maximum Gasteiger partial charge on any atom is 0.279 e. The lowest BCUT2D eigenvalue weighted by molar-refractivity contribution is -0.340. The fourth-order valence-corrected chi connectivity index (χ4v) is 1.76. The molecule has 0 N–H and O–H groups in total. The Balaban J connectivity index is 2.52. The van der Waals surface area contributed by atoms with Crippen molar-refractivity contribution >= 4 is 41.5 Å². The maximum absolute atomic E-state index is 4.84. The van der Waals surface area contributed by atoms with Gasteiger partial charge in [-0.15, -0.1) is 0 Å². The van der Waals surface area contributed by atoms with Gasteiger partial charge < -0.3 is 12.8 Å². The van der Waals surface area contributed by atoms with E-state index in [1.54, 1.807) is 18.0 Å². The number of aliphatic imine (C=N–C) groups is 1. The Morgan fingerprint density at radius 1 is 1.78 bits per heavy atom. The first kappa shape index (κ1) is 5.37. The molecule has 0 saturated heterocycles. The molecule has 0 atom stereocenters. The minimum absolute atomic E-state index is 0.795. The van der Waals surface area contributed by atoms with Crippen LogP contribution in [0.15, 0.2) is 10.1 Å². The smallest absolute Gasteiger partial charge is 0.279 e. The second-order valence-electron chi connectivity index (χ2n) is 1.64. The van der Waals surface area contributed by atoms with Crippen molar-refractivity contribution in [1.82, 2.24) is 0 Å². The topological polar surface area (TPSA) is 27.7 Å². The standard InChI is InChI=1S/C4H3N3S2/c8-7-4-3(1-6-7)5-2-9-4/h1H,2H2. The summed E-state index contributed by atoms with van der Waals surface area (Å²) in [6.07, 6.45) is 1.70.